The summed E-state index contributed by atoms with van der Waals surface area (Å²) in [5.74, 6) is -0.358. The fourth-order valence-electron chi connectivity index (χ4n) is 4.43. The lowest BCUT2D eigenvalue weighted by Crippen LogP contribution is -2.29. The molecule has 5 rings (SSSR count). The van der Waals surface area contributed by atoms with E-state index < -0.39 is 11.4 Å². The van der Waals surface area contributed by atoms with Gasteiger partial charge in [0.25, 0.3) is 5.56 Å². The van der Waals surface area contributed by atoms with Gasteiger partial charge in [0.15, 0.2) is 0 Å². The minimum absolute atomic E-state index is 0.0948. The number of benzene rings is 1. The summed E-state index contributed by atoms with van der Waals surface area (Å²) in [4.78, 5) is 25.9. The van der Waals surface area contributed by atoms with Crippen molar-refractivity contribution in [2.45, 2.75) is 12.5 Å². The highest BCUT2D eigenvalue weighted by molar-refractivity contribution is 6.30. The third-order valence-corrected chi connectivity index (χ3v) is 6.11. The number of hydrogen-bond acceptors (Lipinski definition) is 5. The van der Waals surface area contributed by atoms with Crippen LogP contribution in [0.2, 0.25) is 5.02 Å². The van der Waals surface area contributed by atoms with Crippen molar-refractivity contribution in [2.75, 3.05) is 0 Å². The molecule has 8 heteroatoms. The molecule has 1 unspecified atom stereocenters. The Labute approximate surface area is 194 Å². The molecule has 3 aromatic heterocycles. The average Bonchev–Trinajstić information content (AvgIpc) is 3.12. The van der Waals surface area contributed by atoms with E-state index in [1.54, 1.807) is 57.0 Å². The Kier molecular flexibility index (Phi) is 4.87. The highest BCUT2D eigenvalue weighted by Gasteiger charge is 2.44. The number of pyridine rings is 3. The topological polar surface area (TPSA) is 86.2 Å². The Morgan fingerprint density at radius 2 is 1.94 bits per heavy atom. The van der Waals surface area contributed by atoms with Crippen molar-refractivity contribution in [3.63, 3.8) is 0 Å². The molecule has 0 amide bonds. The maximum absolute atomic E-state index is 14.9. The zero-order valence-corrected chi connectivity index (χ0v) is 18.6. The minimum atomic E-state index is -1.17. The lowest BCUT2D eigenvalue weighted by molar-refractivity contribution is 0.613. The standard InChI is InChI=1S/C25H19ClFN5O/c1-14-8-17(13-32(2)24(14)33)25(19-4-3-5-20(27)22(19)23(28)31-25)16-6-7-30-21(10-16)15-9-18(26)12-29-11-15/h3-13H,1-2H3,(H2,28,31). The van der Waals surface area contributed by atoms with Crippen LogP contribution in [-0.2, 0) is 12.6 Å². The van der Waals surface area contributed by atoms with Gasteiger partial charge in [0.1, 0.15) is 17.2 Å². The van der Waals surface area contributed by atoms with Crippen LogP contribution in [0.25, 0.3) is 11.3 Å². The van der Waals surface area contributed by atoms with E-state index >= 15 is 0 Å². The first-order valence-electron chi connectivity index (χ1n) is 10.2. The molecule has 1 atom stereocenters. The molecule has 33 heavy (non-hydrogen) atoms. The number of aryl methyl sites for hydroxylation is 2. The van der Waals surface area contributed by atoms with Crippen molar-refractivity contribution in [2.24, 2.45) is 17.8 Å². The first-order chi connectivity index (χ1) is 15.8. The molecule has 1 aromatic carbocycles. The van der Waals surface area contributed by atoms with Crippen LogP contribution in [0.15, 0.2) is 77.0 Å². The fourth-order valence-corrected chi connectivity index (χ4v) is 4.60. The van der Waals surface area contributed by atoms with Gasteiger partial charge in [-0.05, 0) is 42.8 Å². The Morgan fingerprint density at radius 3 is 2.70 bits per heavy atom. The number of nitrogens with two attached hydrogens (primary N) is 1. The summed E-state index contributed by atoms with van der Waals surface area (Å²) in [6.45, 7) is 1.74. The van der Waals surface area contributed by atoms with Gasteiger partial charge < -0.3 is 10.3 Å². The summed E-state index contributed by atoms with van der Waals surface area (Å²) >= 11 is 6.14. The highest BCUT2D eigenvalue weighted by atomic mass is 35.5. The lowest BCUT2D eigenvalue weighted by Gasteiger charge is -2.30. The van der Waals surface area contributed by atoms with Crippen molar-refractivity contribution in [3.05, 3.63) is 116 Å². The van der Waals surface area contributed by atoms with Gasteiger partial charge in [-0.2, -0.15) is 0 Å². The van der Waals surface area contributed by atoms with Crippen molar-refractivity contribution >= 4 is 17.4 Å². The third kappa shape index (κ3) is 3.24. The SMILES string of the molecule is Cc1cc(C2(c3ccnc(-c4cncc(Cl)c4)c3)N=C(N)c3c(F)cccc32)cn(C)c1=O. The van der Waals surface area contributed by atoms with E-state index in [0.717, 1.165) is 11.1 Å². The quantitative estimate of drug-likeness (QED) is 0.502. The number of rotatable bonds is 3. The van der Waals surface area contributed by atoms with Gasteiger partial charge in [-0.3, -0.25) is 14.8 Å². The van der Waals surface area contributed by atoms with Crippen LogP contribution in [-0.4, -0.2) is 20.4 Å². The van der Waals surface area contributed by atoms with Gasteiger partial charge in [-0.15, -0.1) is 0 Å². The molecule has 0 spiro atoms. The molecule has 4 heterocycles. The van der Waals surface area contributed by atoms with E-state index in [2.05, 4.69) is 9.97 Å². The molecule has 6 nitrogen and oxygen atoms in total. The Bertz CT molecular complexity index is 1490. The van der Waals surface area contributed by atoms with Crippen molar-refractivity contribution in [1.29, 1.82) is 0 Å². The van der Waals surface area contributed by atoms with E-state index in [1.807, 2.05) is 18.2 Å². The Balaban J connectivity index is 1.85. The molecule has 0 saturated heterocycles. The summed E-state index contributed by atoms with van der Waals surface area (Å²) < 4.78 is 16.4. The van der Waals surface area contributed by atoms with E-state index in [4.69, 9.17) is 22.3 Å². The molecular formula is C25H19ClFN5O. The molecule has 0 bridgehead atoms. The maximum atomic E-state index is 14.9. The number of halogens is 2. The number of hydrogen-bond donors (Lipinski definition) is 1. The molecule has 164 valence electrons. The smallest absolute Gasteiger partial charge is 0.253 e. The monoisotopic (exact) mass is 459 g/mol. The van der Waals surface area contributed by atoms with Crippen molar-refractivity contribution < 1.29 is 4.39 Å². The highest BCUT2D eigenvalue weighted by Crippen LogP contribution is 2.46. The van der Waals surface area contributed by atoms with Gasteiger partial charge in [0.2, 0.25) is 0 Å². The van der Waals surface area contributed by atoms with Gasteiger partial charge in [0, 0.05) is 54.1 Å². The second-order valence-corrected chi connectivity index (χ2v) is 8.46. The predicted molar refractivity (Wildman–Crippen MR) is 126 cm³/mol. The summed E-state index contributed by atoms with van der Waals surface area (Å²) in [6.07, 6.45) is 6.59. The lowest BCUT2D eigenvalue weighted by atomic mass is 9.77. The molecule has 0 fully saturated rings. The Morgan fingerprint density at radius 1 is 1.12 bits per heavy atom. The predicted octanol–water partition coefficient (Wildman–Crippen LogP) is 3.95. The zero-order valence-electron chi connectivity index (χ0n) is 17.9. The second kappa shape index (κ2) is 7.64. The first-order valence-corrected chi connectivity index (χ1v) is 10.6. The number of fused-ring (bicyclic) bond motifs is 1. The molecule has 4 aromatic rings. The molecule has 1 aliphatic heterocycles. The van der Waals surface area contributed by atoms with E-state index in [9.17, 15) is 9.18 Å². The normalized spacial score (nSPS) is 17.0. The fraction of sp³-hybridized carbons (Fsp3) is 0.120. The number of aliphatic imine (C=N–C) groups is 1. The van der Waals surface area contributed by atoms with Gasteiger partial charge >= 0.3 is 0 Å². The minimum Gasteiger partial charge on any atom is -0.383 e. The van der Waals surface area contributed by atoms with Crippen molar-refractivity contribution in [1.82, 2.24) is 14.5 Å². The molecule has 0 radical (unpaired) electrons. The van der Waals surface area contributed by atoms with Crippen LogP contribution in [0.3, 0.4) is 0 Å². The number of aromatic nitrogens is 3. The van der Waals surface area contributed by atoms with E-state index in [0.29, 0.717) is 27.4 Å². The van der Waals surface area contributed by atoms with E-state index in [-0.39, 0.29) is 17.0 Å². The first kappa shape index (κ1) is 21.0. The summed E-state index contributed by atoms with van der Waals surface area (Å²) in [5.41, 5.74) is 9.14. The van der Waals surface area contributed by atoms with Crippen LogP contribution in [0.4, 0.5) is 4.39 Å². The summed E-state index contributed by atoms with van der Waals surface area (Å²) in [5, 5.41) is 0.485. The third-order valence-electron chi connectivity index (χ3n) is 5.91. The van der Waals surface area contributed by atoms with Crippen LogP contribution < -0.4 is 11.3 Å². The van der Waals surface area contributed by atoms with Gasteiger partial charge in [0.05, 0.1) is 16.3 Å². The summed E-state index contributed by atoms with van der Waals surface area (Å²) in [6, 6.07) is 12.0. The summed E-state index contributed by atoms with van der Waals surface area (Å²) in [7, 11) is 1.68. The zero-order chi connectivity index (χ0) is 23.3. The molecule has 0 saturated carbocycles. The molecular weight excluding hydrogens is 441 g/mol. The van der Waals surface area contributed by atoms with Crippen LogP contribution in [0.1, 0.15) is 27.8 Å². The number of amidine groups is 1. The van der Waals surface area contributed by atoms with Crippen LogP contribution in [0, 0.1) is 12.7 Å². The molecule has 2 N–H and O–H groups in total. The Hall–Kier alpha value is -3.84. The number of nitrogens with zero attached hydrogens (tertiary/aromatic N) is 4. The van der Waals surface area contributed by atoms with Gasteiger partial charge in [-0.25, -0.2) is 9.38 Å². The molecule has 0 aliphatic carbocycles. The van der Waals surface area contributed by atoms with Crippen LogP contribution >= 0.6 is 11.6 Å². The van der Waals surface area contributed by atoms with Crippen molar-refractivity contribution in [3.8, 4) is 11.3 Å². The largest absolute Gasteiger partial charge is 0.383 e. The average molecular weight is 460 g/mol. The van der Waals surface area contributed by atoms with E-state index in [1.165, 1.54) is 10.6 Å². The second-order valence-electron chi connectivity index (χ2n) is 8.02. The van der Waals surface area contributed by atoms with Crippen LogP contribution in [0.5, 0.6) is 0 Å². The maximum Gasteiger partial charge on any atom is 0.253 e. The van der Waals surface area contributed by atoms with Gasteiger partial charge in [-0.1, -0.05) is 23.7 Å². The molecule has 1 aliphatic rings.